The lowest BCUT2D eigenvalue weighted by molar-refractivity contribution is -0.145. The van der Waals surface area contributed by atoms with E-state index in [1.165, 1.54) is 12.0 Å². The molecule has 2 N–H and O–H groups in total. The molecule has 0 bridgehead atoms. The molecule has 2 atom stereocenters. The summed E-state index contributed by atoms with van der Waals surface area (Å²) in [5.74, 6) is -1.75. The zero-order valence-electron chi connectivity index (χ0n) is 24.4. The van der Waals surface area contributed by atoms with Gasteiger partial charge in [-0.25, -0.2) is 4.79 Å². The number of methoxy groups -OCH3 is 1. The van der Waals surface area contributed by atoms with Crippen LogP contribution >= 0.6 is 0 Å². The van der Waals surface area contributed by atoms with E-state index in [2.05, 4.69) is 22.3 Å². The first-order valence-corrected chi connectivity index (χ1v) is 13.5. The number of alkyl carbamates (subject to hydrolysis) is 1. The quantitative estimate of drug-likeness (QED) is 0.265. The van der Waals surface area contributed by atoms with Crippen LogP contribution in [0.2, 0.25) is 0 Å². The highest BCUT2D eigenvalue weighted by Crippen LogP contribution is 2.25. The van der Waals surface area contributed by atoms with Crippen LogP contribution < -0.4 is 10.6 Å². The molecule has 3 amide bonds. The summed E-state index contributed by atoms with van der Waals surface area (Å²) in [6.45, 7) is 13.0. The zero-order chi connectivity index (χ0) is 28.9. The molecular formula is C29H47N3O6. The number of nitrogens with zero attached hydrogens (tertiary/aromatic N) is 1. The maximum absolute atomic E-state index is 14.1. The first-order chi connectivity index (χ1) is 17.8. The zero-order valence-corrected chi connectivity index (χ0v) is 24.4. The van der Waals surface area contributed by atoms with Crippen LogP contribution in [-0.4, -0.2) is 60.6 Å². The van der Waals surface area contributed by atoms with E-state index in [0.717, 1.165) is 31.2 Å². The number of aryl methyl sites for hydroxylation is 1. The van der Waals surface area contributed by atoms with Gasteiger partial charge in [-0.05, 0) is 45.6 Å². The van der Waals surface area contributed by atoms with Crippen molar-refractivity contribution >= 4 is 23.9 Å². The second kappa shape index (κ2) is 16.0. The highest BCUT2D eigenvalue weighted by molar-refractivity contribution is 5.93. The molecule has 0 spiro atoms. The van der Waals surface area contributed by atoms with Gasteiger partial charge in [-0.2, -0.15) is 0 Å². The van der Waals surface area contributed by atoms with Crippen molar-refractivity contribution in [3.63, 3.8) is 0 Å². The topological polar surface area (TPSA) is 114 Å². The third-order valence-corrected chi connectivity index (χ3v) is 5.98. The number of carbonyl (C=O) groups is 4. The number of benzene rings is 1. The molecular weight excluding hydrogens is 486 g/mol. The van der Waals surface area contributed by atoms with Crippen molar-refractivity contribution in [2.45, 2.75) is 98.3 Å². The van der Waals surface area contributed by atoms with Gasteiger partial charge in [0.25, 0.3) is 0 Å². The second-order valence-corrected chi connectivity index (χ2v) is 10.9. The van der Waals surface area contributed by atoms with Gasteiger partial charge in [-0.1, -0.05) is 76.3 Å². The molecule has 9 nitrogen and oxygen atoms in total. The summed E-state index contributed by atoms with van der Waals surface area (Å²) in [7, 11) is 1.24. The lowest BCUT2D eigenvalue weighted by Gasteiger charge is -2.35. The summed E-state index contributed by atoms with van der Waals surface area (Å²) in [6, 6.07) is 5.45. The molecule has 0 radical (unpaired) electrons. The van der Waals surface area contributed by atoms with Gasteiger partial charge in [0.05, 0.1) is 7.11 Å². The van der Waals surface area contributed by atoms with Crippen molar-refractivity contribution < 1.29 is 28.7 Å². The third kappa shape index (κ3) is 11.5. The Labute approximate surface area is 228 Å². The van der Waals surface area contributed by atoms with Gasteiger partial charge in [0, 0.05) is 6.54 Å². The summed E-state index contributed by atoms with van der Waals surface area (Å²) in [4.78, 5) is 53.5. The van der Waals surface area contributed by atoms with Crippen LogP contribution in [0.25, 0.3) is 0 Å². The van der Waals surface area contributed by atoms with E-state index in [4.69, 9.17) is 4.74 Å². The Balaban J connectivity index is 3.42. The average molecular weight is 534 g/mol. The average Bonchev–Trinajstić information content (AvgIpc) is 2.84. The lowest BCUT2D eigenvalue weighted by atomic mass is 9.97. The van der Waals surface area contributed by atoms with Gasteiger partial charge in [-0.15, -0.1) is 0 Å². The minimum atomic E-state index is -0.999. The molecule has 0 fully saturated rings. The van der Waals surface area contributed by atoms with E-state index in [0.29, 0.717) is 18.5 Å². The van der Waals surface area contributed by atoms with E-state index in [1.54, 1.807) is 32.9 Å². The summed E-state index contributed by atoms with van der Waals surface area (Å²) in [5, 5.41) is 5.33. The molecule has 0 aliphatic carbocycles. The number of nitrogens with one attached hydrogen (secondary N) is 2. The van der Waals surface area contributed by atoms with Crippen molar-refractivity contribution in [2.24, 2.45) is 5.92 Å². The fourth-order valence-electron chi connectivity index (χ4n) is 3.93. The van der Waals surface area contributed by atoms with Crippen LogP contribution in [0.1, 0.15) is 90.8 Å². The molecule has 2 unspecified atom stereocenters. The van der Waals surface area contributed by atoms with Crippen LogP contribution in [0, 0.1) is 12.8 Å². The number of rotatable bonds is 14. The lowest BCUT2D eigenvalue weighted by Crippen LogP contribution is -2.55. The first kappa shape index (κ1) is 32.9. The minimum Gasteiger partial charge on any atom is -0.468 e. The molecule has 1 aromatic carbocycles. The fraction of sp³-hybridized carbons (Fsp3) is 0.655. The summed E-state index contributed by atoms with van der Waals surface area (Å²) in [5.41, 5.74) is 0.887. The van der Waals surface area contributed by atoms with E-state index < -0.39 is 35.7 Å². The Morgan fingerprint density at radius 1 is 0.974 bits per heavy atom. The van der Waals surface area contributed by atoms with Gasteiger partial charge >= 0.3 is 12.1 Å². The number of carbonyl (C=O) groups excluding carboxylic acids is 4. The Kier molecular flexibility index (Phi) is 13.9. The molecule has 0 saturated carbocycles. The molecule has 1 rings (SSSR count). The monoisotopic (exact) mass is 533 g/mol. The van der Waals surface area contributed by atoms with Gasteiger partial charge in [0.1, 0.15) is 24.2 Å². The molecule has 0 aromatic heterocycles. The van der Waals surface area contributed by atoms with Crippen molar-refractivity contribution in [1.82, 2.24) is 15.5 Å². The predicted molar refractivity (Wildman–Crippen MR) is 147 cm³/mol. The summed E-state index contributed by atoms with van der Waals surface area (Å²) < 4.78 is 10.1. The van der Waals surface area contributed by atoms with E-state index in [9.17, 15) is 19.2 Å². The molecule has 1 aromatic rings. The van der Waals surface area contributed by atoms with Gasteiger partial charge in [-0.3, -0.25) is 14.4 Å². The van der Waals surface area contributed by atoms with Crippen LogP contribution in [-0.2, 0) is 23.9 Å². The minimum absolute atomic E-state index is 0.269. The van der Waals surface area contributed by atoms with E-state index in [-0.39, 0.29) is 18.4 Å². The molecule has 38 heavy (non-hydrogen) atoms. The Bertz CT molecular complexity index is 908. The SMILES string of the molecule is CCCCCCCN(C(=O)C(NC(=O)OC(C)(C)C)C(C)C)C(C(=O)NCC(=O)OC)c1ccc(C)cc1. The number of hydrogen-bond acceptors (Lipinski definition) is 6. The molecule has 214 valence electrons. The van der Waals surface area contributed by atoms with E-state index >= 15 is 0 Å². The van der Waals surface area contributed by atoms with Crippen molar-refractivity contribution in [1.29, 1.82) is 0 Å². The Hall–Kier alpha value is -3.10. The summed E-state index contributed by atoms with van der Waals surface area (Å²) in [6.07, 6.45) is 4.08. The number of esters is 1. The van der Waals surface area contributed by atoms with E-state index in [1.807, 2.05) is 32.9 Å². The standard InChI is InChI=1S/C29H47N3O6/c1-9-10-11-12-13-18-32(27(35)24(20(2)3)31-28(36)38-29(5,6)7)25(22-16-14-21(4)15-17-22)26(34)30-19-23(33)37-8/h14-17,20,24-25H,9-13,18-19H2,1-8H3,(H,30,34)(H,31,36). The third-order valence-electron chi connectivity index (χ3n) is 5.98. The number of ether oxygens (including phenoxy) is 2. The molecule has 0 heterocycles. The number of unbranched alkanes of at least 4 members (excludes halogenated alkanes) is 4. The highest BCUT2D eigenvalue weighted by atomic mass is 16.6. The highest BCUT2D eigenvalue weighted by Gasteiger charge is 2.37. The van der Waals surface area contributed by atoms with Crippen LogP contribution in [0.5, 0.6) is 0 Å². The predicted octanol–water partition coefficient (Wildman–Crippen LogP) is 4.67. The van der Waals surface area contributed by atoms with Gasteiger partial charge in [0.15, 0.2) is 0 Å². The van der Waals surface area contributed by atoms with Crippen LogP contribution in [0.15, 0.2) is 24.3 Å². The number of hydrogen-bond donors (Lipinski definition) is 2. The van der Waals surface area contributed by atoms with Crippen molar-refractivity contribution in [2.75, 3.05) is 20.2 Å². The maximum atomic E-state index is 14.1. The summed E-state index contributed by atoms with van der Waals surface area (Å²) >= 11 is 0. The fourth-order valence-corrected chi connectivity index (χ4v) is 3.93. The Morgan fingerprint density at radius 2 is 1.58 bits per heavy atom. The van der Waals surface area contributed by atoms with Crippen molar-refractivity contribution in [3.8, 4) is 0 Å². The van der Waals surface area contributed by atoms with Crippen molar-refractivity contribution in [3.05, 3.63) is 35.4 Å². The smallest absolute Gasteiger partial charge is 0.408 e. The molecule has 9 heteroatoms. The Morgan fingerprint density at radius 3 is 2.11 bits per heavy atom. The van der Waals surface area contributed by atoms with Gasteiger partial charge < -0.3 is 25.0 Å². The van der Waals surface area contributed by atoms with Crippen LogP contribution in [0.3, 0.4) is 0 Å². The van der Waals surface area contributed by atoms with Gasteiger partial charge in [0.2, 0.25) is 11.8 Å². The molecule has 0 aliphatic heterocycles. The second-order valence-electron chi connectivity index (χ2n) is 10.9. The molecule has 0 saturated heterocycles. The maximum Gasteiger partial charge on any atom is 0.408 e. The first-order valence-electron chi connectivity index (χ1n) is 13.5. The number of amides is 3. The van der Waals surface area contributed by atoms with Crippen LogP contribution in [0.4, 0.5) is 4.79 Å². The molecule has 0 aliphatic rings. The normalized spacial score (nSPS) is 12.9. The largest absolute Gasteiger partial charge is 0.468 e.